The number of nitrogens with one attached hydrogen (secondary N) is 1. The van der Waals surface area contributed by atoms with E-state index in [1.807, 2.05) is 6.92 Å². The van der Waals surface area contributed by atoms with Crippen molar-refractivity contribution in [3.8, 4) is 0 Å². The lowest BCUT2D eigenvalue weighted by Gasteiger charge is -2.18. The number of nitro benzene ring substituents is 1. The number of aryl methyl sites for hydroxylation is 2. The Bertz CT molecular complexity index is 626. The number of benzene rings is 1. The molecule has 1 rings (SSSR count). The molecule has 0 aliphatic carbocycles. The molecule has 1 atom stereocenters. The van der Waals surface area contributed by atoms with Crippen molar-refractivity contribution in [1.29, 1.82) is 0 Å². The molecule has 0 saturated carbocycles. The number of nitrogens with zero attached hydrogens (tertiary/aromatic N) is 1. The number of hydrogen-bond donors (Lipinski definition) is 2. The Morgan fingerprint density at radius 1 is 1.30 bits per heavy atom. The molecule has 0 fully saturated rings. The van der Waals surface area contributed by atoms with Crippen molar-refractivity contribution in [1.82, 2.24) is 4.72 Å². The van der Waals surface area contributed by atoms with Crippen molar-refractivity contribution in [2.45, 2.75) is 51.0 Å². The standard InChI is InChI=1S/C14H23N3O4S.ClH/c1-4-5-6-12(9-15)16-22(20,21)14-10(2)7-13(17(18)19)8-11(14)3;/h7-8,12,16H,4-6,9,15H2,1-3H3;1H. The molecule has 0 heterocycles. The van der Waals surface area contributed by atoms with Crippen LogP contribution in [0.2, 0.25) is 0 Å². The molecule has 3 N–H and O–H groups in total. The molecular weight excluding hydrogens is 342 g/mol. The van der Waals surface area contributed by atoms with Gasteiger partial charge in [0, 0.05) is 24.7 Å². The van der Waals surface area contributed by atoms with Crippen molar-refractivity contribution in [3.63, 3.8) is 0 Å². The van der Waals surface area contributed by atoms with E-state index in [1.165, 1.54) is 12.1 Å². The van der Waals surface area contributed by atoms with Crippen LogP contribution in [0.15, 0.2) is 17.0 Å². The number of sulfonamides is 1. The quantitative estimate of drug-likeness (QED) is 0.542. The monoisotopic (exact) mass is 365 g/mol. The summed E-state index contributed by atoms with van der Waals surface area (Å²) < 4.78 is 27.7. The zero-order chi connectivity index (χ0) is 16.9. The smallest absolute Gasteiger partial charge is 0.270 e. The molecule has 1 aromatic rings. The maximum atomic E-state index is 12.6. The molecule has 0 aliphatic heterocycles. The lowest BCUT2D eigenvalue weighted by Crippen LogP contribution is -2.40. The summed E-state index contributed by atoms with van der Waals surface area (Å²) in [4.78, 5) is 10.4. The third-order valence-corrected chi connectivity index (χ3v) is 5.26. The van der Waals surface area contributed by atoms with E-state index in [9.17, 15) is 18.5 Å². The number of non-ortho nitro benzene ring substituents is 1. The summed E-state index contributed by atoms with van der Waals surface area (Å²) in [7, 11) is -3.76. The Balaban J connectivity index is 0.00000484. The van der Waals surface area contributed by atoms with E-state index in [2.05, 4.69) is 4.72 Å². The average molecular weight is 366 g/mol. The maximum Gasteiger partial charge on any atom is 0.270 e. The SMILES string of the molecule is CCCCC(CN)NS(=O)(=O)c1c(C)cc([N+](=O)[O-])cc1C.Cl. The summed E-state index contributed by atoms with van der Waals surface area (Å²) in [5, 5.41) is 10.8. The highest BCUT2D eigenvalue weighted by Crippen LogP contribution is 2.25. The summed E-state index contributed by atoms with van der Waals surface area (Å²) >= 11 is 0. The van der Waals surface area contributed by atoms with E-state index in [4.69, 9.17) is 5.73 Å². The fourth-order valence-corrected chi connectivity index (χ4v) is 4.15. The number of nitrogens with two attached hydrogens (primary N) is 1. The highest BCUT2D eigenvalue weighted by Gasteiger charge is 2.25. The van der Waals surface area contributed by atoms with E-state index < -0.39 is 14.9 Å². The minimum atomic E-state index is -3.76. The molecule has 23 heavy (non-hydrogen) atoms. The lowest BCUT2D eigenvalue weighted by molar-refractivity contribution is -0.385. The van der Waals surface area contributed by atoms with Crippen LogP contribution in [0.5, 0.6) is 0 Å². The van der Waals surface area contributed by atoms with Crippen molar-refractivity contribution >= 4 is 28.1 Å². The van der Waals surface area contributed by atoms with Crippen molar-refractivity contribution in [3.05, 3.63) is 33.4 Å². The molecule has 0 bridgehead atoms. The van der Waals surface area contributed by atoms with E-state index >= 15 is 0 Å². The van der Waals surface area contributed by atoms with Gasteiger partial charge in [0.05, 0.1) is 9.82 Å². The molecule has 0 spiro atoms. The summed E-state index contributed by atoms with van der Waals surface area (Å²) in [6, 6.07) is 2.20. The van der Waals surface area contributed by atoms with E-state index in [-0.39, 0.29) is 35.6 Å². The van der Waals surface area contributed by atoms with Gasteiger partial charge in [-0.05, 0) is 31.4 Å². The summed E-state index contributed by atoms with van der Waals surface area (Å²) in [5.74, 6) is 0. The second-order valence-electron chi connectivity index (χ2n) is 5.36. The highest BCUT2D eigenvalue weighted by molar-refractivity contribution is 7.89. The van der Waals surface area contributed by atoms with Gasteiger partial charge in [0.2, 0.25) is 10.0 Å². The summed E-state index contributed by atoms with van der Waals surface area (Å²) in [6.07, 6.45) is 2.49. The summed E-state index contributed by atoms with van der Waals surface area (Å²) in [6.45, 7) is 5.34. The number of nitro groups is 1. The van der Waals surface area contributed by atoms with Gasteiger partial charge in [-0.15, -0.1) is 12.4 Å². The molecule has 0 aliphatic rings. The molecule has 7 nitrogen and oxygen atoms in total. The minimum Gasteiger partial charge on any atom is -0.329 e. The van der Waals surface area contributed by atoms with Gasteiger partial charge in [0.25, 0.3) is 5.69 Å². The Morgan fingerprint density at radius 3 is 2.22 bits per heavy atom. The maximum absolute atomic E-state index is 12.6. The van der Waals surface area contributed by atoms with E-state index in [0.717, 1.165) is 12.8 Å². The number of halogens is 1. The van der Waals surface area contributed by atoms with Gasteiger partial charge in [0.15, 0.2) is 0 Å². The van der Waals surface area contributed by atoms with Crippen LogP contribution in [0.25, 0.3) is 0 Å². The Morgan fingerprint density at radius 2 is 1.83 bits per heavy atom. The molecule has 0 amide bonds. The van der Waals surface area contributed by atoms with Gasteiger partial charge in [-0.3, -0.25) is 10.1 Å². The largest absolute Gasteiger partial charge is 0.329 e. The second-order valence-corrected chi connectivity index (χ2v) is 7.01. The molecule has 0 aromatic heterocycles. The summed E-state index contributed by atoms with van der Waals surface area (Å²) in [5.41, 5.74) is 6.21. The molecular formula is C14H24ClN3O4S. The highest BCUT2D eigenvalue weighted by atomic mass is 35.5. The molecule has 132 valence electrons. The van der Waals surface area contributed by atoms with Crippen LogP contribution < -0.4 is 10.5 Å². The zero-order valence-corrected chi connectivity index (χ0v) is 15.2. The molecule has 9 heteroatoms. The molecule has 0 radical (unpaired) electrons. The first-order chi connectivity index (χ1) is 10.2. The van der Waals surface area contributed by atoms with Crippen LogP contribution in [0.3, 0.4) is 0 Å². The van der Waals surface area contributed by atoms with Gasteiger partial charge in [-0.2, -0.15) is 0 Å². The fourth-order valence-electron chi connectivity index (χ4n) is 2.41. The third kappa shape index (κ3) is 5.72. The normalized spacial score (nSPS) is 12.5. The number of hydrogen-bond acceptors (Lipinski definition) is 5. The van der Waals surface area contributed by atoms with Crippen molar-refractivity contribution < 1.29 is 13.3 Å². The number of rotatable bonds is 8. The Labute approximate surface area is 143 Å². The third-order valence-electron chi connectivity index (χ3n) is 3.44. The van der Waals surface area contributed by atoms with Gasteiger partial charge in [-0.25, -0.2) is 13.1 Å². The molecule has 1 unspecified atom stereocenters. The first kappa shape index (κ1) is 21.8. The lowest BCUT2D eigenvalue weighted by atomic mass is 10.1. The van der Waals surface area contributed by atoms with Gasteiger partial charge in [-0.1, -0.05) is 19.8 Å². The fraction of sp³-hybridized carbons (Fsp3) is 0.571. The number of unbranched alkanes of at least 4 members (excludes halogenated alkanes) is 1. The van der Waals surface area contributed by atoms with E-state index in [1.54, 1.807) is 13.8 Å². The van der Waals surface area contributed by atoms with Crippen LogP contribution in [0.1, 0.15) is 37.3 Å². The van der Waals surface area contributed by atoms with Gasteiger partial charge < -0.3 is 5.73 Å². The molecule has 0 saturated heterocycles. The van der Waals surface area contributed by atoms with Crippen LogP contribution in [0.4, 0.5) is 5.69 Å². The first-order valence-corrected chi connectivity index (χ1v) is 8.69. The van der Waals surface area contributed by atoms with Crippen LogP contribution in [-0.2, 0) is 10.0 Å². The first-order valence-electron chi connectivity index (χ1n) is 7.21. The Kier molecular flexibility index (Phi) is 8.68. The topological polar surface area (TPSA) is 115 Å². The Hall–Kier alpha value is -1.22. The van der Waals surface area contributed by atoms with Gasteiger partial charge in [0.1, 0.15) is 0 Å². The van der Waals surface area contributed by atoms with Crippen LogP contribution in [-0.4, -0.2) is 25.9 Å². The predicted molar refractivity (Wildman–Crippen MR) is 92.5 cm³/mol. The van der Waals surface area contributed by atoms with Crippen LogP contribution in [0, 0.1) is 24.0 Å². The zero-order valence-electron chi connectivity index (χ0n) is 13.5. The van der Waals surface area contributed by atoms with Crippen LogP contribution >= 0.6 is 12.4 Å². The van der Waals surface area contributed by atoms with Gasteiger partial charge >= 0.3 is 0 Å². The van der Waals surface area contributed by atoms with Crippen molar-refractivity contribution in [2.24, 2.45) is 5.73 Å². The van der Waals surface area contributed by atoms with E-state index in [0.29, 0.717) is 17.5 Å². The average Bonchev–Trinajstić information content (AvgIpc) is 2.41. The minimum absolute atomic E-state index is 0. The van der Waals surface area contributed by atoms with Crippen molar-refractivity contribution in [2.75, 3.05) is 6.54 Å². The predicted octanol–water partition coefficient (Wildman–Crippen LogP) is 2.43. The second kappa shape index (κ2) is 9.17. The molecule has 1 aromatic carbocycles.